The van der Waals surface area contributed by atoms with E-state index in [1.54, 1.807) is 6.92 Å². The molecule has 0 unspecified atom stereocenters. The SMILES string of the molecule is CCOC(=O)c1nc(-c2ccc(Br)s2)sc1C(C)=O. The maximum Gasteiger partial charge on any atom is 0.358 e. The van der Waals surface area contributed by atoms with Crippen LogP contribution in [0.4, 0.5) is 0 Å². The van der Waals surface area contributed by atoms with Gasteiger partial charge in [-0.25, -0.2) is 9.78 Å². The normalized spacial score (nSPS) is 10.5. The Balaban J connectivity index is 2.46. The number of thiazole rings is 1. The number of hydrogen-bond donors (Lipinski definition) is 0. The average molecular weight is 360 g/mol. The number of thiophene rings is 1. The summed E-state index contributed by atoms with van der Waals surface area (Å²) in [5.41, 5.74) is 0.110. The fraction of sp³-hybridized carbons (Fsp3) is 0.250. The van der Waals surface area contributed by atoms with Gasteiger partial charge in [-0.2, -0.15) is 0 Å². The summed E-state index contributed by atoms with van der Waals surface area (Å²) in [6, 6.07) is 3.80. The number of hydrogen-bond acceptors (Lipinski definition) is 6. The minimum atomic E-state index is -0.550. The van der Waals surface area contributed by atoms with Crippen LogP contribution in [0.1, 0.15) is 34.0 Å². The number of esters is 1. The highest BCUT2D eigenvalue weighted by atomic mass is 79.9. The van der Waals surface area contributed by atoms with Gasteiger partial charge in [-0.15, -0.1) is 22.7 Å². The number of ether oxygens (including phenoxy) is 1. The second-order valence-corrected chi connectivity index (χ2v) is 7.04. The Morgan fingerprint density at radius 3 is 2.63 bits per heavy atom. The molecule has 0 aliphatic heterocycles. The van der Waals surface area contributed by atoms with Crippen LogP contribution >= 0.6 is 38.6 Å². The monoisotopic (exact) mass is 359 g/mol. The molecule has 0 atom stereocenters. The summed E-state index contributed by atoms with van der Waals surface area (Å²) in [6.07, 6.45) is 0. The Labute approximate surface area is 126 Å². The molecule has 7 heteroatoms. The smallest absolute Gasteiger partial charge is 0.358 e. The van der Waals surface area contributed by atoms with Gasteiger partial charge in [-0.05, 0) is 35.0 Å². The molecule has 0 fully saturated rings. The maximum absolute atomic E-state index is 11.8. The summed E-state index contributed by atoms with van der Waals surface area (Å²) in [7, 11) is 0. The molecule has 19 heavy (non-hydrogen) atoms. The molecule has 2 rings (SSSR count). The topological polar surface area (TPSA) is 56.3 Å². The quantitative estimate of drug-likeness (QED) is 0.611. The van der Waals surface area contributed by atoms with E-state index in [0.29, 0.717) is 9.88 Å². The summed E-state index contributed by atoms with van der Waals surface area (Å²) < 4.78 is 5.89. The fourth-order valence-electron chi connectivity index (χ4n) is 1.43. The third-order valence-electron chi connectivity index (χ3n) is 2.20. The van der Waals surface area contributed by atoms with Gasteiger partial charge in [-0.1, -0.05) is 0 Å². The molecule has 0 aliphatic rings. The van der Waals surface area contributed by atoms with Crippen molar-refractivity contribution >= 4 is 50.4 Å². The Bertz CT molecular complexity index is 633. The highest BCUT2D eigenvalue weighted by Crippen LogP contribution is 2.35. The predicted octanol–water partition coefficient (Wildman–Crippen LogP) is 4.01. The summed E-state index contributed by atoms with van der Waals surface area (Å²) in [6.45, 7) is 3.40. The average Bonchev–Trinajstić information content (AvgIpc) is 2.94. The van der Waals surface area contributed by atoms with Gasteiger partial charge in [0.2, 0.25) is 0 Å². The fourth-order valence-corrected chi connectivity index (χ4v) is 3.82. The van der Waals surface area contributed by atoms with E-state index in [0.717, 1.165) is 8.66 Å². The number of nitrogens with zero attached hydrogens (tertiary/aromatic N) is 1. The second kappa shape index (κ2) is 5.94. The molecule has 0 spiro atoms. The molecule has 0 aliphatic carbocycles. The number of aromatic nitrogens is 1. The molecule has 2 heterocycles. The highest BCUT2D eigenvalue weighted by Gasteiger charge is 2.23. The second-order valence-electron chi connectivity index (χ2n) is 3.58. The molecule has 100 valence electrons. The first-order valence-corrected chi connectivity index (χ1v) is 7.90. The largest absolute Gasteiger partial charge is 0.461 e. The highest BCUT2D eigenvalue weighted by molar-refractivity contribution is 9.11. The van der Waals surface area contributed by atoms with E-state index in [1.807, 2.05) is 12.1 Å². The molecule has 0 N–H and O–H groups in total. The first-order valence-electron chi connectivity index (χ1n) is 5.47. The van der Waals surface area contributed by atoms with Crippen LogP contribution in [-0.2, 0) is 4.74 Å². The molecule has 4 nitrogen and oxygen atoms in total. The lowest BCUT2D eigenvalue weighted by atomic mass is 10.3. The van der Waals surface area contributed by atoms with Gasteiger partial charge >= 0.3 is 5.97 Å². The third kappa shape index (κ3) is 3.10. The van der Waals surface area contributed by atoms with E-state index in [1.165, 1.54) is 29.6 Å². The molecule has 0 saturated carbocycles. The van der Waals surface area contributed by atoms with Crippen molar-refractivity contribution < 1.29 is 14.3 Å². The Kier molecular flexibility index (Phi) is 4.49. The van der Waals surface area contributed by atoms with E-state index in [2.05, 4.69) is 20.9 Å². The lowest BCUT2D eigenvalue weighted by Gasteiger charge is -1.98. The van der Waals surface area contributed by atoms with E-state index < -0.39 is 5.97 Å². The lowest BCUT2D eigenvalue weighted by molar-refractivity contribution is 0.0517. The number of rotatable bonds is 4. The molecule has 2 aromatic rings. The third-order valence-corrected chi connectivity index (χ3v) is 5.15. The van der Waals surface area contributed by atoms with Crippen molar-refractivity contribution in [3.63, 3.8) is 0 Å². The number of Topliss-reactive ketones (excluding diaryl/α,β-unsaturated/α-hetero) is 1. The zero-order chi connectivity index (χ0) is 14.0. The number of ketones is 1. The van der Waals surface area contributed by atoms with Gasteiger partial charge < -0.3 is 4.74 Å². The van der Waals surface area contributed by atoms with Gasteiger partial charge in [0.1, 0.15) is 9.88 Å². The van der Waals surface area contributed by atoms with E-state index >= 15 is 0 Å². The minimum absolute atomic E-state index is 0.110. The minimum Gasteiger partial charge on any atom is -0.461 e. The molecular formula is C12H10BrNO3S2. The summed E-state index contributed by atoms with van der Waals surface area (Å²) in [5.74, 6) is -0.728. The van der Waals surface area contributed by atoms with Crippen LogP contribution in [0.3, 0.4) is 0 Å². The van der Waals surface area contributed by atoms with Gasteiger partial charge in [0, 0.05) is 6.92 Å². The van der Waals surface area contributed by atoms with Crippen molar-refractivity contribution in [3.05, 3.63) is 26.5 Å². The van der Waals surface area contributed by atoms with Crippen molar-refractivity contribution in [2.75, 3.05) is 6.61 Å². The van der Waals surface area contributed by atoms with Crippen LogP contribution < -0.4 is 0 Å². The molecule has 0 radical (unpaired) electrons. The maximum atomic E-state index is 11.8. The number of carbonyl (C=O) groups is 2. The first-order chi connectivity index (χ1) is 9.02. The van der Waals surface area contributed by atoms with E-state index in [4.69, 9.17) is 4.74 Å². The molecular weight excluding hydrogens is 350 g/mol. The number of halogens is 1. The molecule has 0 bridgehead atoms. The summed E-state index contributed by atoms with van der Waals surface area (Å²) in [4.78, 5) is 28.9. The predicted molar refractivity (Wildman–Crippen MR) is 79.1 cm³/mol. The van der Waals surface area contributed by atoms with Crippen LogP contribution in [0.2, 0.25) is 0 Å². The van der Waals surface area contributed by atoms with Crippen molar-refractivity contribution in [1.82, 2.24) is 4.98 Å². The van der Waals surface area contributed by atoms with Gasteiger partial charge in [-0.3, -0.25) is 4.79 Å². The molecule has 0 saturated heterocycles. The number of carbonyl (C=O) groups excluding carboxylic acids is 2. The zero-order valence-electron chi connectivity index (χ0n) is 10.2. The van der Waals surface area contributed by atoms with Crippen molar-refractivity contribution in [2.45, 2.75) is 13.8 Å². The Morgan fingerprint density at radius 2 is 2.11 bits per heavy atom. The summed E-state index contributed by atoms with van der Waals surface area (Å²) >= 11 is 6.09. The first kappa shape index (κ1) is 14.4. The van der Waals surface area contributed by atoms with Crippen molar-refractivity contribution in [3.8, 4) is 9.88 Å². The van der Waals surface area contributed by atoms with Gasteiger partial charge in [0.25, 0.3) is 0 Å². The van der Waals surface area contributed by atoms with Gasteiger partial charge in [0.15, 0.2) is 11.5 Å². The Morgan fingerprint density at radius 1 is 1.37 bits per heavy atom. The summed E-state index contributed by atoms with van der Waals surface area (Å²) in [5, 5.41) is 0.656. The van der Waals surface area contributed by atoms with E-state index in [-0.39, 0.29) is 18.1 Å². The van der Waals surface area contributed by atoms with E-state index in [9.17, 15) is 9.59 Å². The van der Waals surface area contributed by atoms with Crippen LogP contribution in [-0.4, -0.2) is 23.3 Å². The van der Waals surface area contributed by atoms with Crippen LogP contribution in [0.5, 0.6) is 0 Å². The van der Waals surface area contributed by atoms with Crippen LogP contribution in [0.15, 0.2) is 15.9 Å². The molecule has 2 aromatic heterocycles. The zero-order valence-corrected chi connectivity index (χ0v) is 13.4. The molecule has 0 amide bonds. The Hall–Kier alpha value is -1.05. The van der Waals surface area contributed by atoms with Gasteiger partial charge in [0.05, 0.1) is 15.3 Å². The van der Waals surface area contributed by atoms with Crippen LogP contribution in [0.25, 0.3) is 9.88 Å². The standard InChI is InChI=1S/C12H10BrNO3S2/c1-3-17-12(16)9-10(6(2)15)19-11(14-9)7-4-5-8(13)18-7/h4-5H,3H2,1-2H3. The van der Waals surface area contributed by atoms with Crippen LogP contribution in [0, 0.1) is 0 Å². The van der Waals surface area contributed by atoms with Crippen molar-refractivity contribution in [1.29, 1.82) is 0 Å². The van der Waals surface area contributed by atoms with Crippen molar-refractivity contribution in [2.24, 2.45) is 0 Å². The lowest BCUT2D eigenvalue weighted by Crippen LogP contribution is -2.09. The molecule has 0 aromatic carbocycles.